The smallest absolute Gasteiger partial charge is 0.346 e. The molecule has 1 fully saturated rings. The van der Waals surface area contributed by atoms with Crippen molar-refractivity contribution in [2.75, 3.05) is 31.1 Å². The zero-order chi connectivity index (χ0) is 22.2. The van der Waals surface area contributed by atoms with Crippen molar-refractivity contribution in [1.29, 1.82) is 0 Å². The van der Waals surface area contributed by atoms with Gasteiger partial charge in [-0.1, -0.05) is 12.1 Å². The molecule has 1 aromatic carbocycles. The Labute approximate surface area is 186 Å². The van der Waals surface area contributed by atoms with E-state index in [1.807, 2.05) is 17.2 Å². The number of aromatic nitrogens is 2. The maximum Gasteiger partial charge on any atom is 0.416 e. The SMILES string of the molecule is Cc1csc(N2CCCN(C(=O)c3sc(-c4ccc(C(F)(F)F)cc4)nc3C)CC2)n1. The highest BCUT2D eigenvalue weighted by Gasteiger charge is 2.30. The fourth-order valence-corrected chi connectivity index (χ4v) is 5.36. The molecule has 1 amide bonds. The summed E-state index contributed by atoms with van der Waals surface area (Å²) in [5.41, 5.74) is 1.46. The molecule has 3 heterocycles. The van der Waals surface area contributed by atoms with Crippen LogP contribution < -0.4 is 4.90 Å². The molecule has 0 atom stereocenters. The first-order valence-corrected chi connectivity index (χ1v) is 11.5. The van der Waals surface area contributed by atoms with E-state index in [2.05, 4.69) is 14.9 Å². The molecule has 0 N–H and O–H groups in total. The van der Waals surface area contributed by atoms with Gasteiger partial charge in [-0.2, -0.15) is 13.2 Å². The van der Waals surface area contributed by atoms with Crippen LogP contribution in [0.4, 0.5) is 18.3 Å². The molecule has 0 radical (unpaired) electrons. The van der Waals surface area contributed by atoms with Gasteiger partial charge in [-0.3, -0.25) is 4.79 Å². The summed E-state index contributed by atoms with van der Waals surface area (Å²) in [6, 6.07) is 4.87. The van der Waals surface area contributed by atoms with Gasteiger partial charge in [0.1, 0.15) is 9.88 Å². The zero-order valence-electron chi connectivity index (χ0n) is 17.1. The molecule has 164 valence electrons. The number of alkyl halides is 3. The van der Waals surface area contributed by atoms with Gasteiger partial charge in [-0.25, -0.2) is 9.97 Å². The quantitative estimate of drug-likeness (QED) is 0.529. The Morgan fingerprint density at radius 1 is 1.03 bits per heavy atom. The average Bonchev–Trinajstić information content (AvgIpc) is 3.24. The maximum atomic E-state index is 13.2. The van der Waals surface area contributed by atoms with Crippen molar-refractivity contribution in [3.05, 3.63) is 51.5 Å². The number of hydrogen-bond acceptors (Lipinski definition) is 6. The highest BCUT2D eigenvalue weighted by molar-refractivity contribution is 7.17. The van der Waals surface area contributed by atoms with Crippen molar-refractivity contribution in [3.8, 4) is 10.6 Å². The highest BCUT2D eigenvalue weighted by Crippen LogP contribution is 2.33. The van der Waals surface area contributed by atoms with Crippen LogP contribution in [-0.4, -0.2) is 47.0 Å². The van der Waals surface area contributed by atoms with Gasteiger partial charge in [0.15, 0.2) is 5.13 Å². The van der Waals surface area contributed by atoms with E-state index < -0.39 is 11.7 Å². The molecule has 5 nitrogen and oxygen atoms in total. The van der Waals surface area contributed by atoms with Gasteiger partial charge in [0.05, 0.1) is 17.0 Å². The lowest BCUT2D eigenvalue weighted by Gasteiger charge is -2.21. The van der Waals surface area contributed by atoms with Crippen molar-refractivity contribution < 1.29 is 18.0 Å². The van der Waals surface area contributed by atoms with Gasteiger partial charge in [0.25, 0.3) is 5.91 Å². The predicted octanol–water partition coefficient (Wildman–Crippen LogP) is 5.25. The van der Waals surface area contributed by atoms with Gasteiger partial charge in [-0.05, 0) is 32.4 Å². The van der Waals surface area contributed by atoms with Crippen LogP contribution in [0.5, 0.6) is 0 Å². The van der Waals surface area contributed by atoms with Crippen molar-refractivity contribution in [1.82, 2.24) is 14.9 Å². The van der Waals surface area contributed by atoms with E-state index in [0.29, 0.717) is 40.8 Å². The topological polar surface area (TPSA) is 49.3 Å². The van der Waals surface area contributed by atoms with Gasteiger partial charge in [0, 0.05) is 37.1 Å². The van der Waals surface area contributed by atoms with Crippen LogP contribution in [0, 0.1) is 13.8 Å². The second-order valence-corrected chi connectivity index (χ2v) is 9.25. The third kappa shape index (κ3) is 4.74. The van der Waals surface area contributed by atoms with Gasteiger partial charge < -0.3 is 9.80 Å². The number of carbonyl (C=O) groups is 1. The Hall–Kier alpha value is -2.46. The molecule has 0 aliphatic carbocycles. The Morgan fingerprint density at radius 2 is 1.77 bits per heavy atom. The summed E-state index contributed by atoms with van der Waals surface area (Å²) in [6.07, 6.45) is -3.54. The number of benzene rings is 1. The molecule has 1 aliphatic heterocycles. The highest BCUT2D eigenvalue weighted by atomic mass is 32.1. The third-order valence-corrected chi connectivity index (χ3v) is 7.32. The van der Waals surface area contributed by atoms with Crippen molar-refractivity contribution in [2.24, 2.45) is 0 Å². The van der Waals surface area contributed by atoms with Crippen LogP contribution in [0.25, 0.3) is 10.6 Å². The van der Waals surface area contributed by atoms with E-state index in [1.54, 1.807) is 18.3 Å². The number of halogens is 3. The normalized spacial score (nSPS) is 15.3. The van der Waals surface area contributed by atoms with Crippen LogP contribution in [0.1, 0.15) is 33.0 Å². The van der Waals surface area contributed by atoms with Crippen molar-refractivity contribution in [2.45, 2.75) is 26.4 Å². The monoisotopic (exact) mass is 466 g/mol. The maximum absolute atomic E-state index is 13.2. The number of rotatable bonds is 3. The number of amides is 1. The Balaban J connectivity index is 1.48. The van der Waals surface area contributed by atoms with Gasteiger partial charge >= 0.3 is 6.18 Å². The van der Waals surface area contributed by atoms with Crippen LogP contribution >= 0.6 is 22.7 Å². The van der Waals surface area contributed by atoms with Crippen molar-refractivity contribution >= 4 is 33.7 Å². The molecule has 0 saturated carbocycles. The summed E-state index contributed by atoms with van der Waals surface area (Å²) in [4.78, 5) is 26.7. The first-order chi connectivity index (χ1) is 14.7. The molecule has 0 unspecified atom stereocenters. The minimum absolute atomic E-state index is 0.0784. The van der Waals surface area contributed by atoms with E-state index in [1.165, 1.54) is 23.5 Å². The second kappa shape index (κ2) is 8.58. The fourth-order valence-electron chi connectivity index (χ4n) is 3.46. The predicted molar refractivity (Wildman–Crippen MR) is 117 cm³/mol. The summed E-state index contributed by atoms with van der Waals surface area (Å²) < 4.78 is 38.4. The zero-order valence-corrected chi connectivity index (χ0v) is 18.7. The molecule has 2 aromatic heterocycles. The largest absolute Gasteiger partial charge is 0.416 e. The molecule has 1 saturated heterocycles. The third-order valence-electron chi connectivity index (χ3n) is 5.11. The van der Waals surface area contributed by atoms with E-state index in [9.17, 15) is 18.0 Å². The fraction of sp³-hybridized carbons (Fsp3) is 0.381. The minimum Gasteiger partial charge on any atom is -0.346 e. The lowest BCUT2D eigenvalue weighted by atomic mass is 10.1. The lowest BCUT2D eigenvalue weighted by Crippen LogP contribution is -2.35. The number of thiazole rings is 2. The molecule has 1 aliphatic rings. The molecule has 4 rings (SSSR count). The molecular formula is C21H21F3N4OS2. The molecule has 10 heteroatoms. The number of aryl methyl sites for hydroxylation is 2. The van der Waals surface area contributed by atoms with E-state index in [0.717, 1.165) is 35.9 Å². The Bertz CT molecular complexity index is 1080. The molecular weight excluding hydrogens is 445 g/mol. The van der Waals surface area contributed by atoms with Crippen molar-refractivity contribution in [3.63, 3.8) is 0 Å². The van der Waals surface area contributed by atoms with Crippen LogP contribution in [0.2, 0.25) is 0 Å². The summed E-state index contributed by atoms with van der Waals surface area (Å²) >= 11 is 2.84. The minimum atomic E-state index is -4.38. The molecule has 31 heavy (non-hydrogen) atoms. The van der Waals surface area contributed by atoms with E-state index in [-0.39, 0.29) is 5.91 Å². The Morgan fingerprint density at radius 3 is 2.42 bits per heavy atom. The van der Waals surface area contributed by atoms with Gasteiger partial charge in [-0.15, -0.1) is 22.7 Å². The van der Waals surface area contributed by atoms with E-state index >= 15 is 0 Å². The summed E-state index contributed by atoms with van der Waals surface area (Å²) in [5.74, 6) is -0.0784. The Kier molecular flexibility index (Phi) is 6.02. The molecule has 3 aromatic rings. The van der Waals surface area contributed by atoms with Crippen LogP contribution in [0.3, 0.4) is 0 Å². The van der Waals surface area contributed by atoms with Gasteiger partial charge in [0.2, 0.25) is 0 Å². The summed E-state index contributed by atoms with van der Waals surface area (Å²) in [6.45, 7) is 6.52. The second-order valence-electron chi connectivity index (χ2n) is 7.41. The molecule has 0 spiro atoms. The number of carbonyl (C=O) groups excluding carboxylic acids is 1. The number of anilines is 1. The van der Waals surface area contributed by atoms with Crippen LogP contribution in [0.15, 0.2) is 29.6 Å². The standard InChI is InChI=1S/C21H21F3N4OS2/c1-13-12-30-20(25-13)28-9-3-8-27(10-11-28)19(29)17-14(2)26-18(31-17)15-4-6-16(7-5-15)21(22,23)24/h4-7,12H,3,8-11H2,1-2H3. The van der Waals surface area contributed by atoms with Crippen LogP contribution in [-0.2, 0) is 6.18 Å². The number of hydrogen-bond donors (Lipinski definition) is 0. The summed E-state index contributed by atoms with van der Waals surface area (Å²) in [7, 11) is 0. The van der Waals surface area contributed by atoms with E-state index in [4.69, 9.17) is 0 Å². The first kappa shape index (κ1) is 21.8. The average molecular weight is 467 g/mol. The summed E-state index contributed by atoms with van der Waals surface area (Å²) in [5, 5.41) is 3.54. The number of nitrogens with zero attached hydrogens (tertiary/aromatic N) is 4. The first-order valence-electron chi connectivity index (χ1n) is 9.84. The molecule has 0 bridgehead atoms. The lowest BCUT2D eigenvalue weighted by molar-refractivity contribution is -0.137.